The fraction of sp³-hybridized carbons (Fsp3) is 0. The molecule has 0 fully saturated rings. The molecule has 2 N–H and O–H groups in total. The summed E-state index contributed by atoms with van der Waals surface area (Å²) in [6.07, 6.45) is -0.320. The smallest absolute Gasteiger partial charge is 0.263 e. The van der Waals surface area contributed by atoms with E-state index in [0.29, 0.717) is 0 Å². The fourth-order valence-corrected chi connectivity index (χ4v) is 0.124. The summed E-state index contributed by atoms with van der Waals surface area (Å²) in [5.74, 6) is 0. The minimum absolute atomic E-state index is 0.160. The minimum atomic E-state index is -0.381. The molecule has 0 aromatic rings. The maximum atomic E-state index is 9.45. The Morgan fingerprint density at radius 2 is 1.44 bits per heavy atom. The highest BCUT2D eigenvalue weighted by Gasteiger charge is 2.00. The fourth-order valence-electron chi connectivity index (χ4n) is 0.124. The first-order valence-electron chi connectivity index (χ1n) is 1.75. The Kier molecular flexibility index (Phi) is 3.28. The van der Waals surface area contributed by atoms with E-state index in [1.165, 1.54) is 0 Å². The van der Waals surface area contributed by atoms with Crippen LogP contribution in [0.5, 0.6) is 0 Å². The maximum Gasteiger partial charge on any atom is 0.263 e. The first kappa shape index (κ1) is 7.82. The molecule has 0 saturated carbocycles. The molecule has 0 aromatic carbocycles. The van der Waals surface area contributed by atoms with Crippen LogP contribution in [0.25, 0.3) is 0 Å². The Morgan fingerprint density at radius 1 is 1.11 bits per heavy atom. The van der Waals surface area contributed by atoms with E-state index < -0.39 is 0 Å². The molecule has 9 heavy (non-hydrogen) atoms. The summed E-state index contributed by atoms with van der Waals surface area (Å²) >= 11 is 0. The summed E-state index contributed by atoms with van der Waals surface area (Å²) < 4.78 is 0. The highest BCUT2D eigenvalue weighted by atomic mass is 17.1. The van der Waals surface area contributed by atoms with Gasteiger partial charge in [-0.3, -0.25) is 20.0 Å². The average Bonchev–Trinajstić information content (AvgIpc) is 1.87. The van der Waals surface area contributed by atoms with Crippen LogP contribution in [-0.4, -0.2) is 33.7 Å². The topological polar surface area (TPSA) is 90.3 Å². The highest BCUT2D eigenvalue weighted by molar-refractivity contribution is 5.44. The van der Waals surface area contributed by atoms with E-state index in [2.05, 4.69) is 4.94 Å². The van der Waals surface area contributed by atoms with E-state index in [1.807, 2.05) is 0 Å². The van der Waals surface area contributed by atoms with Gasteiger partial charge >= 0.3 is 0 Å². The first-order chi connectivity index (χ1) is 4.20. The molecular weight excluding hydrogens is 132 g/mol. The van der Waals surface area contributed by atoms with Gasteiger partial charge in [0.1, 0.15) is 0 Å². The van der Waals surface area contributed by atoms with Crippen molar-refractivity contribution in [3.05, 3.63) is 0 Å². The molecule has 0 spiro atoms. The molecule has 0 bridgehead atoms. The van der Waals surface area contributed by atoms with Gasteiger partial charge in [0, 0.05) is 0 Å². The van der Waals surface area contributed by atoms with Gasteiger partial charge in [-0.25, -0.2) is 0 Å². The summed E-state index contributed by atoms with van der Waals surface area (Å²) in [7, 11) is 0. The average molecular weight is 136 g/mol. The van der Waals surface area contributed by atoms with Crippen LogP contribution in [0.15, 0.2) is 0 Å². The zero-order valence-electron chi connectivity index (χ0n) is 4.17. The summed E-state index contributed by atoms with van der Waals surface area (Å²) in [6, 6.07) is 0. The molecule has 7 heteroatoms. The van der Waals surface area contributed by atoms with E-state index in [4.69, 9.17) is 10.4 Å². The second kappa shape index (κ2) is 3.78. The first-order valence-corrected chi connectivity index (χ1v) is 1.75. The SMILES string of the molecule is O=CN(O)ON(O)C=O. The van der Waals surface area contributed by atoms with Gasteiger partial charge in [0.05, 0.1) is 0 Å². The Balaban J connectivity index is 3.45. The van der Waals surface area contributed by atoms with Crippen LogP contribution in [0.1, 0.15) is 0 Å². The maximum absolute atomic E-state index is 9.45. The van der Waals surface area contributed by atoms with Crippen LogP contribution >= 0.6 is 0 Å². The lowest BCUT2D eigenvalue weighted by Gasteiger charge is -2.09. The van der Waals surface area contributed by atoms with Gasteiger partial charge in [-0.2, -0.15) is 0 Å². The molecular formula is C2H4N2O5. The molecule has 7 nitrogen and oxygen atoms in total. The molecule has 0 radical (unpaired) electrons. The van der Waals surface area contributed by atoms with Crippen LogP contribution in [0.2, 0.25) is 0 Å². The number of hydrogen-bond donors (Lipinski definition) is 2. The zero-order chi connectivity index (χ0) is 7.28. The zero-order valence-corrected chi connectivity index (χ0v) is 4.17. The predicted molar refractivity (Wildman–Crippen MR) is 20.5 cm³/mol. The lowest BCUT2D eigenvalue weighted by Crippen LogP contribution is -2.28. The van der Waals surface area contributed by atoms with Gasteiger partial charge in [0.15, 0.2) is 0 Å². The molecule has 0 heterocycles. The quantitative estimate of drug-likeness (QED) is 0.279. The lowest BCUT2D eigenvalue weighted by molar-refractivity contribution is -0.460. The van der Waals surface area contributed by atoms with Crippen molar-refractivity contribution in [2.45, 2.75) is 0 Å². The molecule has 0 atom stereocenters. The molecule has 52 valence electrons. The molecule has 0 aliphatic carbocycles. The Hall–Kier alpha value is -1.18. The van der Waals surface area contributed by atoms with Gasteiger partial charge in [-0.1, -0.05) is 15.4 Å². The normalized spacial score (nSPS) is 8.22. The van der Waals surface area contributed by atoms with E-state index in [1.54, 1.807) is 0 Å². The Morgan fingerprint density at radius 3 is 1.67 bits per heavy atom. The van der Waals surface area contributed by atoms with Gasteiger partial charge < -0.3 is 0 Å². The van der Waals surface area contributed by atoms with Crippen molar-refractivity contribution >= 4 is 12.8 Å². The van der Waals surface area contributed by atoms with Crippen molar-refractivity contribution in [1.82, 2.24) is 10.5 Å². The number of carbonyl (C=O) groups is 2. The molecule has 0 saturated heterocycles. The van der Waals surface area contributed by atoms with E-state index in [9.17, 15) is 9.59 Å². The third-order valence-corrected chi connectivity index (χ3v) is 0.348. The molecule has 0 unspecified atom stereocenters. The van der Waals surface area contributed by atoms with E-state index in [0.717, 1.165) is 0 Å². The largest absolute Gasteiger partial charge is 0.274 e. The molecule has 0 rings (SSSR count). The van der Waals surface area contributed by atoms with Gasteiger partial charge in [-0.15, -0.1) is 0 Å². The second-order valence-corrected chi connectivity index (χ2v) is 0.898. The van der Waals surface area contributed by atoms with Crippen LogP contribution in [0, 0.1) is 0 Å². The van der Waals surface area contributed by atoms with Crippen LogP contribution in [0.4, 0.5) is 0 Å². The molecule has 0 aliphatic heterocycles. The lowest BCUT2D eigenvalue weighted by atomic mass is 11.4. The van der Waals surface area contributed by atoms with Crippen molar-refractivity contribution in [2.24, 2.45) is 0 Å². The monoisotopic (exact) mass is 136 g/mol. The Bertz CT molecular complexity index is 93.1. The van der Waals surface area contributed by atoms with Crippen molar-refractivity contribution in [2.75, 3.05) is 0 Å². The summed E-state index contributed by atoms with van der Waals surface area (Å²) in [4.78, 5) is 22.5. The Labute approximate surface area is 49.5 Å². The number of amides is 2. The number of nitrogens with zero attached hydrogens (tertiary/aromatic N) is 2. The van der Waals surface area contributed by atoms with Crippen molar-refractivity contribution in [1.29, 1.82) is 0 Å². The number of carbonyl (C=O) groups excluding carboxylic acids is 2. The second-order valence-electron chi connectivity index (χ2n) is 0.898. The summed E-state index contributed by atoms with van der Waals surface area (Å²) in [6.45, 7) is 0. The standard InChI is InChI=1S/C2H4N2O5/c5-1-3(7)9-4(8)2-6/h1-2,7-8H. The van der Waals surface area contributed by atoms with Gasteiger partial charge in [0.2, 0.25) is 0 Å². The van der Waals surface area contributed by atoms with Crippen molar-refractivity contribution in [3.63, 3.8) is 0 Å². The summed E-state index contributed by atoms with van der Waals surface area (Å²) in [5.41, 5.74) is 0. The van der Waals surface area contributed by atoms with Gasteiger partial charge in [0.25, 0.3) is 12.8 Å². The van der Waals surface area contributed by atoms with E-state index in [-0.39, 0.29) is 23.3 Å². The predicted octanol–water partition coefficient (Wildman–Crippen LogP) is -1.47. The van der Waals surface area contributed by atoms with Crippen molar-refractivity contribution in [3.8, 4) is 0 Å². The van der Waals surface area contributed by atoms with Crippen LogP contribution in [0.3, 0.4) is 0 Å². The molecule has 0 aromatic heterocycles. The van der Waals surface area contributed by atoms with E-state index >= 15 is 0 Å². The number of rotatable bonds is 4. The minimum Gasteiger partial charge on any atom is -0.274 e. The van der Waals surface area contributed by atoms with Crippen LogP contribution in [-0.2, 0) is 14.5 Å². The number of hydroxylamine groups is 4. The third kappa shape index (κ3) is 3.41. The van der Waals surface area contributed by atoms with Gasteiger partial charge in [-0.05, 0) is 0 Å². The number of hydrogen-bond acceptors (Lipinski definition) is 5. The third-order valence-electron chi connectivity index (χ3n) is 0.348. The van der Waals surface area contributed by atoms with Crippen molar-refractivity contribution < 1.29 is 24.9 Å². The molecule has 2 amide bonds. The highest BCUT2D eigenvalue weighted by Crippen LogP contribution is 1.79. The molecule has 0 aliphatic rings. The summed E-state index contributed by atoms with van der Waals surface area (Å²) in [5, 5.41) is 15.3. The van der Waals surface area contributed by atoms with Crippen LogP contribution < -0.4 is 0 Å².